The van der Waals surface area contributed by atoms with Crippen molar-refractivity contribution in [2.45, 2.75) is 264 Å². The van der Waals surface area contributed by atoms with E-state index in [2.05, 4.69) is 208 Å². The van der Waals surface area contributed by atoms with E-state index < -0.39 is 32.5 Å². The molecule has 0 rings (SSSR count). The fraction of sp³-hybridized carbons (Fsp3) is 0.570. The molecule has 10 heteroatoms. The standard InChI is InChI=1S/C79H126NO8P/c1-3-5-7-9-11-13-15-17-19-21-23-25-27-29-31-32-33-34-35-36-37-38-39-40-41-42-43-44-46-48-50-52-54-56-58-60-62-64-66-68-70-72-79(82)88-77(76-87-89(83,84)86-74-73-80)75-85-78(81)71-69-67-65-63-61-59-57-55-53-51-49-47-45-30-28-26-24-22-20-18-16-14-12-10-8-6-4-2/h5-8,11-14,17-20,23-26,29-31,33-34,36-37,39-40,45,49,51,55,57,61,63,77H,3-4,9-10,15-16,21-22,27-28,32,35,38,41-44,46-48,50,52-54,56,58-60,62,64-76,80H2,1-2H3,(H,83,84)/b7-5-,8-6-,13-11-,14-12-,19-17-,20-18-,25-23-,26-24-,31-29-,34-33-,37-36-,40-39-,45-30-,51-49-,57-55-,63-61-. The molecule has 0 aromatic rings. The Bertz CT molecular complexity index is 2160. The van der Waals surface area contributed by atoms with Gasteiger partial charge in [-0.3, -0.25) is 18.6 Å². The lowest BCUT2D eigenvalue weighted by Crippen LogP contribution is -2.29. The van der Waals surface area contributed by atoms with Crippen molar-refractivity contribution in [3.8, 4) is 0 Å². The van der Waals surface area contributed by atoms with Crippen molar-refractivity contribution in [2.24, 2.45) is 5.73 Å². The number of unbranched alkanes of at least 4 members (excludes halogenated alkanes) is 18. The lowest BCUT2D eigenvalue weighted by Gasteiger charge is -2.19. The number of carbonyl (C=O) groups excluding carboxylic acids is 2. The van der Waals surface area contributed by atoms with Crippen LogP contribution in [0.3, 0.4) is 0 Å². The summed E-state index contributed by atoms with van der Waals surface area (Å²) in [5, 5.41) is 0. The van der Waals surface area contributed by atoms with Crippen LogP contribution < -0.4 is 5.73 Å². The third kappa shape index (κ3) is 71.8. The smallest absolute Gasteiger partial charge is 0.462 e. The Hall–Kier alpha value is -5.15. The number of phosphoric acid groups is 1. The molecule has 0 bridgehead atoms. The highest BCUT2D eigenvalue weighted by Gasteiger charge is 2.26. The first-order valence-electron chi connectivity index (χ1n) is 34.9. The number of phosphoric ester groups is 1. The molecule has 0 spiro atoms. The molecule has 0 amide bonds. The first-order valence-corrected chi connectivity index (χ1v) is 36.4. The molecular weight excluding hydrogens is 1120 g/mol. The van der Waals surface area contributed by atoms with Gasteiger partial charge in [0.05, 0.1) is 13.2 Å². The second-order valence-electron chi connectivity index (χ2n) is 22.3. The highest BCUT2D eigenvalue weighted by molar-refractivity contribution is 7.47. The molecule has 9 nitrogen and oxygen atoms in total. The van der Waals surface area contributed by atoms with Crippen LogP contribution >= 0.6 is 7.82 Å². The molecule has 0 saturated heterocycles. The van der Waals surface area contributed by atoms with Gasteiger partial charge < -0.3 is 20.1 Å². The maximum absolute atomic E-state index is 12.8. The topological polar surface area (TPSA) is 134 Å². The number of nitrogens with two attached hydrogens (primary N) is 1. The van der Waals surface area contributed by atoms with Crippen molar-refractivity contribution in [3.63, 3.8) is 0 Å². The van der Waals surface area contributed by atoms with Crippen molar-refractivity contribution < 1.29 is 37.6 Å². The number of ether oxygens (including phenoxy) is 2. The molecule has 2 atom stereocenters. The summed E-state index contributed by atoms with van der Waals surface area (Å²) in [7, 11) is -4.42. The van der Waals surface area contributed by atoms with Crippen LogP contribution in [0.1, 0.15) is 258 Å². The van der Waals surface area contributed by atoms with Crippen molar-refractivity contribution in [2.75, 3.05) is 26.4 Å². The van der Waals surface area contributed by atoms with E-state index in [-0.39, 0.29) is 32.6 Å². The number of allylic oxidation sites excluding steroid dienone is 32. The van der Waals surface area contributed by atoms with Crippen LogP contribution in [0.25, 0.3) is 0 Å². The van der Waals surface area contributed by atoms with Gasteiger partial charge in [-0.05, 0) is 141 Å². The van der Waals surface area contributed by atoms with Crippen LogP contribution in [0.4, 0.5) is 0 Å². The number of hydrogen-bond donors (Lipinski definition) is 2. The van der Waals surface area contributed by atoms with Gasteiger partial charge in [0.25, 0.3) is 0 Å². The van der Waals surface area contributed by atoms with Crippen LogP contribution in [0.5, 0.6) is 0 Å². The van der Waals surface area contributed by atoms with Crippen LogP contribution in [0.2, 0.25) is 0 Å². The van der Waals surface area contributed by atoms with E-state index in [0.29, 0.717) is 12.8 Å². The highest BCUT2D eigenvalue weighted by atomic mass is 31.2. The van der Waals surface area contributed by atoms with E-state index in [9.17, 15) is 19.0 Å². The van der Waals surface area contributed by atoms with E-state index in [4.69, 9.17) is 24.3 Å². The van der Waals surface area contributed by atoms with Gasteiger partial charge in [0.15, 0.2) is 6.10 Å². The Morgan fingerprint density at radius 3 is 0.888 bits per heavy atom. The summed E-state index contributed by atoms with van der Waals surface area (Å²) in [5.41, 5.74) is 5.40. The lowest BCUT2D eigenvalue weighted by atomic mass is 10.0. The molecule has 2 unspecified atom stereocenters. The fourth-order valence-corrected chi connectivity index (χ4v) is 9.67. The van der Waals surface area contributed by atoms with Gasteiger partial charge in [-0.25, -0.2) is 4.57 Å². The van der Waals surface area contributed by atoms with Gasteiger partial charge >= 0.3 is 19.8 Å². The summed E-state index contributed by atoms with van der Waals surface area (Å²) < 4.78 is 33.1. The van der Waals surface area contributed by atoms with Crippen LogP contribution in [-0.2, 0) is 32.7 Å². The molecule has 0 aromatic heterocycles. The van der Waals surface area contributed by atoms with Crippen LogP contribution in [0.15, 0.2) is 194 Å². The average Bonchev–Trinajstić information content (AvgIpc) is 3.58. The number of hydrogen-bond acceptors (Lipinski definition) is 8. The SMILES string of the molecule is CC/C=C\C/C=C\C/C=C\C/C=C\C/C=C\C/C=C\C/C=C\C/C=C\CCCCCCCCCCCCCCCCCCC(=O)OC(COC(=O)CCCC/C=C\C/C=C\C/C=C\C/C=C\C/C=C\C/C=C\C/C=C\C/C=C\CC)COP(=O)(O)OCCN. The number of esters is 2. The molecule has 0 aromatic carbocycles. The van der Waals surface area contributed by atoms with Gasteiger partial charge in [-0.1, -0.05) is 298 Å². The summed E-state index contributed by atoms with van der Waals surface area (Å²) in [6.45, 7) is 3.45. The molecule has 0 aliphatic heterocycles. The third-order valence-corrected chi connectivity index (χ3v) is 15.0. The molecule has 3 N–H and O–H groups in total. The van der Waals surface area contributed by atoms with E-state index in [1.54, 1.807) is 0 Å². The van der Waals surface area contributed by atoms with Crippen LogP contribution in [-0.4, -0.2) is 49.3 Å². The predicted molar refractivity (Wildman–Crippen MR) is 385 cm³/mol. The van der Waals surface area contributed by atoms with Gasteiger partial charge in [-0.15, -0.1) is 0 Å². The zero-order valence-electron chi connectivity index (χ0n) is 56.1. The van der Waals surface area contributed by atoms with Gasteiger partial charge in [-0.2, -0.15) is 0 Å². The quantitative estimate of drug-likeness (QED) is 0.0264. The molecule has 0 heterocycles. The average molecular weight is 1250 g/mol. The summed E-state index contributed by atoms with van der Waals surface area (Å²) in [6.07, 6.45) is 109. The maximum atomic E-state index is 12.8. The van der Waals surface area contributed by atoms with E-state index in [1.807, 2.05) is 0 Å². The first kappa shape index (κ1) is 83.8. The minimum atomic E-state index is -4.42. The Labute approximate surface area is 545 Å². The second-order valence-corrected chi connectivity index (χ2v) is 23.7. The maximum Gasteiger partial charge on any atom is 0.472 e. The fourth-order valence-electron chi connectivity index (χ4n) is 8.90. The summed E-state index contributed by atoms with van der Waals surface area (Å²) in [4.78, 5) is 35.3. The molecule has 0 aliphatic rings. The third-order valence-electron chi connectivity index (χ3n) is 14.0. The van der Waals surface area contributed by atoms with E-state index in [1.165, 1.54) is 83.5 Å². The lowest BCUT2D eigenvalue weighted by molar-refractivity contribution is -0.161. The summed E-state index contributed by atoms with van der Waals surface area (Å²) in [6, 6.07) is 0. The number of carbonyl (C=O) groups is 2. The molecule has 89 heavy (non-hydrogen) atoms. The monoisotopic (exact) mass is 1250 g/mol. The minimum absolute atomic E-state index is 0.0382. The second kappa shape index (κ2) is 71.9. The highest BCUT2D eigenvalue weighted by Crippen LogP contribution is 2.43. The van der Waals surface area contributed by atoms with Gasteiger partial charge in [0.1, 0.15) is 6.61 Å². The minimum Gasteiger partial charge on any atom is -0.462 e. The van der Waals surface area contributed by atoms with Gasteiger partial charge in [0.2, 0.25) is 0 Å². The molecule has 0 aliphatic carbocycles. The Kier molecular flexibility index (Phi) is 67.8. The van der Waals surface area contributed by atoms with Crippen LogP contribution in [0, 0.1) is 0 Å². The van der Waals surface area contributed by atoms with Gasteiger partial charge in [0, 0.05) is 19.4 Å². The molecule has 0 saturated carbocycles. The summed E-state index contributed by atoms with van der Waals surface area (Å²) in [5.74, 6) is -0.888. The Morgan fingerprint density at radius 2 is 0.584 bits per heavy atom. The van der Waals surface area contributed by atoms with Crippen molar-refractivity contribution in [3.05, 3.63) is 194 Å². The van der Waals surface area contributed by atoms with E-state index >= 15 is 0 Å². The Morgan fingerprint density at radius 1 is 0.337 bits per heavy atom. The molecule has 500 valence electrons. The first-order chi connectivity index (χ1) is 43.8. The Balaban J connectivity index is 3.98. The van der Waals surface area contributed by atoms with E-state index in [0.717, 1.165) is 135 Å². The molecule has 0 radical (unpaired) electrons. The normalized spacial score (nSPS) is 14.2. The molecule has 0 fully saturated rings. The zero-order chi connectivity index (χ0) is 64.4. The largest absolute Gasteiger partial charge is 0.472 e. The number of rotatable bonds is 63. The zero-order valence-corrected chi connectivity index (χ0v) is 57.0. The predicted octanol–water partition coefficient (Wildman–Crippen LogP) is 23.3. The van der Waals surface area contributed by atoms with Crippen molar-refractivity contribution >= 4 is 19.8 Å². The molecular formula is C79H126NO8P. The summed E-state index contributed by atoms with van der Waals surface area (Å²) >= 11 is 0. The van der Waals surface area contributed by atoms with Crippen molar-refractivity contribution in [1.82, 2.24) is 0 Å². The van der Waals surface area contributed by atoms with Crippen molar-refractivity contribution in [1.29, 1.82) is 0 Å².